The van der Waals surface area contributed by atoms with Crippen molar-refractivity contribution in [1.29, 1.82) is 0 Å². The van der Waals surface area contributed by atoms with Crippen molar-refractivity contribution in [2.24, 2.45) is 73.9 Å². The lowest BCUT2D eigenvalue weighted by atomic mass is 9.32. The average molecular weight is 801 g/mol. The Morgan fingerprint density at radius 2 is 1.45 bits per heavy atom. The summed E-state index contributed by atoms with van der Waals surface area (Å²) in [5, 5.41) is 24.9. The van der Waals surface area contributed by atoms with Crippen LogP contribution < -0.4 is 5.32 Å². The van der Waals surface area contributed by atoms with Gasteiger partial charge in [0.1, 0.15) is 6.10 Å². The molecule has 8 fully saturated rings. The number of esters is 1. The van der Waals surface area contributed by atoms with Gasteiger partial charge in [0, 0.05) is 30.1 Å². The van der Waals surface area contributed by atoms with Gasteiger partial charge in [0.05, 0.1) is 29.4 Å². The van der Waals surface area contributed by atoms with Gasteiger partial charge >= 0.3 is 11.9 Å². The minimum Gasteiger partial charge on any atom is -0.481 e. The lowest BCUT2D eigenvalue weighted by Crippen LogP contribution is -2.69. The van der Waals surface area contributed by atoms with Gasteiger partial charge in [-0.05, 0) is 154 Å². The molecule has 1 aliphatic heterocycles. The maximum Gasteiger partial charge on any atom is 0.310 e. The van der Waals surface area contributed by atoms with Crippen molar-refractivity contribution in [3.63, 3.8) is 0 Å². The van der Waals surface area contributed by atoms with Crippen LogP contribution in [0, 0.1) is 73.9 Å². The fraction of sp³-hybridized carbons (Fsp3) is 0.957. The first kappa shape index (κ1) is 41.5. The molecule has 3 N–H and O–H groups in total. The van der Waals surface area contributed by atoms with E-state index < -0.39 is 39.2 Å². The normalized spacial score (nSPS) is 47.9. The summed E-state index contributed by atoms with van der Waals surface area (Å²) in [6.07, 6.45) is 14.7. The molecular weight excluding hydrogens is 725 g/mol. The number of ether oxygens (including phenoxy) is 1. The highest BCUT2D eigenvalue weighted by molar-refractivity contribution is 7.91. The molecule has 0 amide bonds. The Kier molecular flexibility index (Phi) is 9.92. The van der Waals surface area contributed by atoms with Crippen LogP contribution in [0.1, 0.15) is 146 Å². The lowest BCUT2D eigenvalue weighted by Gasteiger charge is -2.73. The molecule has 0 bridgehead atoms. The number of carboxylic acids is 1. The molecule has 0 aromatic carbocycles. The third-order valence-corrected chi connectivity index (χ3v) is 21.8. The third-order valence-electron chi connectivity index (χ3n) is 20.2. The number of aliphatic carboxylic acids is 1. The summed E-state index contributed by atoms with van der Waals surface area (Å²) in [5.41, 5.74) is 0.460. The molecule has 0 aromatic heterocycles. The van der Waals surface area contributed by atoms with E-state index in [2.05, 4.69) is 51.8 Å². The zero-order chi connectivity index (χ0) is 40.6. The van der Waals surface area contributed by atoms with Crippen LogP contribution in [-0.2, 0) is 24.2 Å². The van der Waals surface area contributed by atoms with Crippen LogP contribution in [0.4, 0.5) is 0 Å². The Balaban J connectivity index is 1.01. The van der Waals surface area contributed by atoms with Gasteiger partial charge in [-0.2, -0.15) is 0 Å². The zero-order valence-corrected chi connectivity index (χ0v) is 37.1. The molecule has 0 radical (unpaired) electrons. The van der Waals surface area contributed by atoms with Gasteiger partial charge < -0.3 is 20.3 Å². The summed E-state index contributed by atoms with van der Waals surface area (Å²) in [4.78, 5) is 27.7. The summed E-state index contributed by atoms with van der Waals surface area (Å²) < 4.78 is 30.8. The second kappa shape index (κ2) is 13.4. The molecule has 14 atom stereocenters. The summed E-state index contributed by atoms with van der Waals surface area (Å²) >= 11 is 0. The average Bonchev–Trinajstić information content (AvgIpc) is 3.93. The molecule has 0 spiro atoms. The molecule has 0 aromatic rings. The standard InChI is InChI=1S/C46H76N2O7S/c1-28(49)31(48-24-26-56(53,54)27-25-48)15-23-47-46-18-12-29(42(6)19-20-42)35(46)30-10-11-33-43(7)16-14-34(55-39(52)37-36(38(50)51)41(37,4)5)40(2,3)32(43)13-17-45(33,9)44(30,8)21-22-46/h28-37,47,49H,10-27H2,1-9H3,(H,50,51)/t28?,29-,30-,31?,32+,33-,34+,35-,36+,37-,43+,44-,45-,46+/m1/s1. The molecule has 9 nitrogen and oxygen atoms in total. The van der Waals surface area contributed by atoms with Gasteiger partial charge in [0.25, 0.3) is 0 Å². The monoisotopic (exact) mass is 801 g/mol. The van der Waals surface area contributed by atoms with Crippen molar-refractivity contribution in [3.05, 3.63) is 0 Å². The number of hydrogen-bond donors (Lipinski definition) is 3. The van der Waals surface area contributed by atoms with Crippen molar-refractivity contribution >= 4 is 21.8 Å². The van der Waals surface area contributed by atoms with E-state index in [0.29, 0.717) is 42.2 Å². The summed E-state index contributed by atoms with van der Waals surface area (Å²) in [5.74, 6) is 1.07. The van der Waals surface area contributed by atoms with E-state index in [1.54, 1.807) is 0 Å². The number of nitrogens with zero attached hydrogens (tertiary/aromatic N) is 1. The predicted octanol–water partition coefficient (Wildman–Crippen LogP) is 7.35. The Hall–Kier alpha value is -1.23. The fourth-order valence-corrected chi connectivity index (χ4v) is 17.7. The van der Waals surface area contributed by atoms with E-state index in [4.69, 9.17) is 4.74 Å². The fourth-order valence-electron chi connectivity index (χ4n) is 16.4. The Labute approximate surface area is 338 Å². The van der Waals surface area contributed by atoms with E-state index in [-0.39, 0.29) is 56.8 Å². The largest absolute Gasteiger partial charge is 0.481 e. The molecular formula is C46H76N2O7S. The van der Waals surface area contributed by atoms with Gasteiger partial charge in [-0.25, -0.2) is 8.42 Å². The van der Waals surface area contributed by atoms with Gasteiger partial charge in [-0.3, -0.25) is 14.5 Å². The number of aliphatic hydroxyl groups excluding tert-OH is 1. The number of sulfone groups is 1. The maximum atomic E-state index is 13.5. The van der Waals surface area contributed by atoms with E-state index in [9.17, 15) is 28.2 Å². The van der Waals surface area contributed by atoms with Crippen LogP contribution in [0.5, 0.6) is 0 Å². The molecule has 8 aliphatic rings. The maximum absolute atomic E-state index is 13.5. The van der Waals surface area contributed by atoms with Gasteiger partial charge in [-0.15, -0.1) is 0 Å². The molecule has 1 saturated heterocycles. The number of carbonyl (C=O) groups excluding carboxylic acids is 1. The number of carbonyl (C=O) groups is 2. The summed E-state index contributed by atoms with van der Waals surface area (Å²) in [7, 11) is -2.98. The molecule has 10 heteroatoms. The second-order valence-corrected chi connectivity index (χ2v) is 25.6. The topological polar surface area (TPSA) is 133 Å². The highest BCUT2D eigenvalue weighted by Gasteiger charge is 2.73. The molecule has 56 heavy (non-hydrogen) atoms. The molecule has 8 rings (SSSR count). The van der Waals surface area contributed by atoms with Crippen molar-refractivity contribution in [3.8, 4) is 0 Å². The number of nitrogens with one attached hydrogen (secondary N) is 1. The van der Waals surface area contributed by atoms with Gasteiger partial charge in [-0.1, -0.05) is 55.4 Å². The van der Waals surface area contributed by atoms with E-state index >= 15 is 0 Å². The minimum absolute atomic E-state index is 0.0322. The second-order valence-electron chi connectivity index (χ2n) is 23.3. The van der Waals surface area contributed by atoms with Crippen LogP contribution in [0.25, 0.3) is 0 Å². The molecule has 318 valence electrons. The quantitative estimate of drug-likeness (QED) is 0.194. The highest BCUT2D eigenvalue weighted by Crippen LogP contribution is 2.78. The number of fused-ring (bicyclic) bond motifs is 7. The third kappa shape index (κ3) is 6.14. The van der Waals surface area contributed by atoms with Crippen molar-refractivity contribution < 1.29 is 33.0 Å². The minimum atomic E-state index is -2.98. The summed E-state index contributed by atoms with van der Waals surface area (Å²) in [6, 6.07) is -0.0322. The van der Waals surface area contributed by atoms with Crippen molar-refractivity contribution in [2.75, 3.05) is 31.1 Å². The van der Waals surface area contributed by atoms with E-state index in [0.717, 1.165) is 38.1 Å². The summed E-state index contributed by atoms with van der Waals surface area (Å²) in [6.45, 7) is 22.8. The van der Waals surface area contributed by atoms with Crippen LogP contribution >= 0.6 is 0 Å². The Morgan fingerprint density at radius 3 is 2.05 bits per heavy atom. The van der Waals surface area contributed by atoms with Crippen molar-refractivity contribution in [2.45, 2.75) is 170 Å². The van der Waals surface area contributed by atoms with Crippen LogP contribution in [0.2, 0.25) is 0 Å². The van der Waals surface area contributed by atoms with Crippen LogP contribution in [0.3, 0.4) is 0 Å². The first-order valence-corrected chi connectivity index (χ1v) is 24.6. The van der Waals surface area contributed by atoms with Gasteiger partial charge in [0.15, 0.2) is 9.84 Å². The smallest absolute Gasteiger partial charge is 0.310 e. The zero-order valence-electron chi connectivity index (χ0n) is 36.3. The Morgan fingerprint density at radius 1 is 0.768 bits per heavy atom. The first-order valence-electron chi connectivity index (χ1n) is 22.8. The molecule has 7 saturated carbocycles. The molecule has 7 aliphatic carbocycles. The number of aliphatic hydroxyl groups is 1. The number of carboxylic acid groups (broad SMARTS) is 1. The van der Waals surface area contributed by atoms with Gasteiger partial charge in [0.2, 0.25) is 0 Å². The predicted molar refractivity (Wildman–Crippen MR) is 218 cm³/mol. The van der Waals surface area contributed by atoms with Crippen molar-refractivity contribution in [1.82, 2.24) is 10.2 Å². The lowest BCUT2D eigenvalue weighted by molar-refractivity contribution is -0.248. The highest BCUT2D eigenvalue weighted by atomic mass is 32.2. The van der Waals surface area contributed by atoms with E-state index in [1.165, 1.54) is 57.8 Å². The number of rotatable bonds is 10. The number of hydrogen-bond acceptors (Lipinski definition) is 8. The molecule has 1 heterocycles. The van der Waals surface area contributed by atoms with Crippen LogP contribution in [0.15, 0.2) is 0 Å². The van der Waals surface area contributed by atoms with Crippen LogP contribution in [-0.4, -0.2) is 90.4 Å². The first-order chi connectivity index (χ1) is 26.0. The SMILES string of the molecule is CC(O)C(CCN[C@]12CC[C@@H](C3(C)CC3)[C@@H]1[C@H]1CC[C@@H]3[C@@]4(C)CC[C@H](OC(=O)[C@H]5[C@@H](C(=O)O)C5(C)C)C(C)(C)[C@@H]4CC[C@@]3(C)[C@]1(C)CC2)N1CCS(=O)(=O)CC1. The molecule has 2 unspecified atom stereocenters. The Bertz CT molecular complexity index is 1680. The van der Waals surface area contributed by atoms with E-state index in [1.807, 2.05) is 20.8 Å².